The maximum atomic E-state index is 13.2. The van der Waals surface area contributed by atoms with E-state index in [-0.39, 0.29) is 17.3 Å². The van der Waals surface area contributed by atoms with Gasteiger partial charge in [0.05, 0.1) is 17.3 Å². The van der Waals surface area contributed by atoms with Crippen LogP contribution in [0, 0.1) is 5.92 Å². The Balaban J connectivity index is 1.63. The van der Waals surface area contributed by atoms with Crippen molar-refractivity contribution in [2.24, 2.45) is 5.92 Å². The summed E-state index contributed by atoms with van der Waals surface area (Å²) in [5.74, 6) is -1.57. The predicted molar refractivity (Wildman–Crippen MR) is 133 cm³/mol. The van der Waals surface area contributed by atoms with Gasteiger partial charge in [0, 0.05) is 11.3 Å². The number of carboxylic acid groups (broad SMARTS) is 1. The number of benzene rings is 1. The van der Waals surface area contributed by atoms with Crippen LogP contribution >= 0.6 is 11.8 Å². The van der Waals surface area contributed by atoms with Crippen molar-refractivity contribution in [1.82, 2.24) is 20.3 Å². The van der Waals surface area contributed by atoms with Gasteiger partial charge in [0.15, 0.2) is 0 Å². The molecule has 3 rings (SSSR count). The third-order valence-corrected chi connectivity index (χ3v) is 9.83. The second kappa shape index (κ2) is 11.6. The molecule has 2 atom stereocenters. The fourth-order valence-corrected chi connectivity index (χ4v) is 7.64. The van der Waals surface area contributed by atoms with Gasteiger partial charge in [-0.05, 0) is 44.7 Å². The number of carboxylic acids is 1. The van der Waals surface area contributed by atoms with E-state index in [9.17, 15) is 27.9 Å². The Kier molecular flexibility index (Phi) is 9.05. The molecule has 1 aromatic carbocycles. The van der Waals surface area contributed by atoms with Crippen molar-refractivity contribution < 1.29 is 27.9 Å². The predicted octanol–water partition coefficient (Wildman–Crippen LogP) is 1.98. The van der Waals surface area contributed by atoms with Crippen molar-refractivity contribution in [3.05, 3.63) is 30.3 Å². The minimum atomic E-state index is -3.98. The number of rotatable bonds is 9. The van der Waals surface area contributed by atoms with Crippen LogP contribution < -0.4 is 16.0 Å². The molecule has 0 radical (unpaired) electrons. The van der Waals surface area contributed by atoms with Crippen molar-refractivity contribution in [1.29, 1.82) is 0 Å². The minimum absolute atomic E-state index is 0.0574. The standard InChI is InChI=1S/C23H34N4O6S2/c1-23(2)19(27(15-34-23)35(32,33)17-11-7-4-8-12-17)20(28)26-18(21(29)30)14-25-22(31)24-13-16-9-5-3-6-10-16/h4,7-8,11-12,16,18-19H,3,5-6,9-10,13-15H2,1-2H3,(H,26,28)(H,29,30)(H2,24,25,31)/t18-,19?/m0/s1. The number of nitrogens with one attached hydrogen (secondary N) is 3. The van der Waals surface area contributed by atoms with Crippen LogP contribution in [-0.4, -0.2) is 71.5 Å². The molecule has 4 N–H and O–H groups in total. The van der Waals surface area contributed by atoms with Crippen molar-refractivity contribution in [3.63, 3.8) is 0 Å². The van der Waals surface area contributed by atoms with E-state index in [1.807, 2.05) is 0 Å². The maximum Gasteiger partial charge on any atom is 0.328 e. The summed E-state index contributed by atoms with van der Waals surface area (Å²) in [5.41, 5.74) is 0. The van der Waals surface area contributed by atoms with Crippen LogP contribution in [0.3, 0.4) is 0 Å². The van der Waals surface area contributed by atoms with Crippen LogP contribution in [-0.2, 0) is 19.6 Å². The van der Waals surface area contributed by atoms with Crippen molar-refractivity contribution in [3.8, 4) is 0 Å². The van der Waals surface area contributed by atoms with Gasteiger partial charge in [0.2, 0.25) is 15.9 Å². The highest BCUT2D eigenvalue weighted by Crippen LogP contribution is 2.42. The van der Waals surface area contributed by atoms with E-state index < -0.39 is 44.8 Å². The zero-order valence-corrected chi connectivity index (χ0v) is 21.7. The fourth-order valence-electron chi connectivity index (χ4n) is 4.45. The average molecular weight is 527 g/mol. The molecule has 0 aromatic heterocycles. The Bertz CT molecular complexity index is 1010. The van der Waals surface area contributed by atoms with E-state index in [1.165, 1.54) is 30.3 Å². The van der Waals surface area contributed by atoms with Crippen LogP contribution in [0.25, 0.3) is 0 Å². The zero-order chi connectivity index (χ0) is 25.6. The molecule has 2 fully saturated rings. The van der Waals surface area contributed by atoms with Crippen molar-refractivity contribution in [2.75, 3.05) is 19.0 Å². The van der Waals surface area contributed by atoms with Gasteiger partial charge in [-0.1, -0.05) is 37.5 Å². The first kappa shape index (κ1) is 27.3. The number of aliphatic carboxylic acids is 1. The molecule has 1 saturated heterocycles. The summed E-state index contributed by atoms with van der Waals surface area (Å²) in [6.07, 6.45) is 5.63. The molecule has 1 aliphatic carbocycles. The Labute approximate surface area is 210 Å². The highest BCUT2D eigenvalue weighted by molar-refractivity contribution is 8.02. The molecular weight excluding hydrogens is 492 g/mol. The first-order valence-electron chi connectivity index (χ1n) is 11.8. The smallest absolute Gasteiger partial charge is 0.328 e. The molecule has 1 aliphatic heterocycles. The summed E-state index contributed by atoms with van der Waals surface area (Å²) >= 11 is 1.30. The summed E-state index contributed by atoms with van der Waals surface area (Å²) < 4.78 is 26.8. The van der Waals surface area contributed by atoms with Crippen molar-refractivity contribution in [2.45, 2.75) is 67.7 Å². The van der Waals surface area contributed by atoms with Gasteiger partial charge >= 0.3 is 12.0 Å². The Hall–Kier alpha value is -2.31. The summed E-state index contributed by atoms with van der Waals surface area (Å²) in [4.78, 5) is 37.3. The summed E-state index contributed by atoms with van der Waals surface area (Å²) in [6, 6.07) is 4.77. The van der Waals surface area contributed by atoms with Crippen LogP contribution in [0.1, 0.15) is 46.0 Å². The van der Waals surface area contributed by atoms with Gasteiger partial charge in [-0.25, -0.2) is 18.0 Å². The van der Waals surface area contributed by atoms with E-state index >= 15 is 0 Å². The first-order chi connectivity index (χ1) is 16.5. The average Bonchev–Trinajstić information content (AvgIpc) is 3.17. The number of hydrogen-bond acceptors (Lipinski definition) is 6. The van der Waals surface area contributed by atoms with Crippen LogP contribution in [0.15, 0.2) is 35.2 Å². The molecule has 1 aromatic rings. The Morgan fingerprint density at radius 2 is 1.77 bits per heavy atom. The first-order valence-corrected chi connectivity index (χ1v) is 14.2. The van der Waals surface area contributed by atoms with E-state index in [1.54, 1.807) is 32.0 Å². The summed E-state index contributed by atoms with van der Waals surface area (Å²) in [7, 11) is -3.98. The number of thioether (sulfide) groups is 1. The molecule has 3 amide bonds. The van der Waals surface area contributed by atoms with Gasteiger partial charge in [-0.2, -0.15) is 4.31 Å². The van der Waals surface area contributed by atoms with Gasteiger partial charge in [-0.3, -0.25) is 4.79 Å². The molecule has 194 valence electrons. The van der Waals surface area contributed by atoms with Gasteiger partial charge in [0.1, 0.15) is 12.1 Å². The summed E-state index contributed by atoms with van der Waals surface area (Å²) in [6.45, 7) is 3.68. The van der Waals surface area contributed by atoms with E-state index in [2.05, 4.69) is 16.0 Å². The lowest BCUT2D eigenvalue weighted by Gasteiger charge is -2.31. The number of hydrogen-bond donors (Lipinski definition) is 4. The van der Waals surface area contributed by atoms with E-state index in [0.29, 0.717) is 12.5 Å². The van der Waals surface area contributed by atoms with Crippen LogP contribution in [0.2, 0.25) is 0 Å². The van der Waals surface area contributed by atoms with Gasteiger partial charge < -0.3 is 21.1 Å². The van der Waals surface area contributed by atoms with E-state index in [4.69, 9.17) is 0 Å². The lowest BCUT2D eigenvalue weighted by molar-refractivity contribution is -0.142. The highest BCUT2D eigenvalue weighted by Gasteiger charge is 2.51. The number of urea groups is 1. The zero-order valence-electron chi connectivity index (χ0n) is 20.0. The molecule has 2 aliphatic rings. The Morgan fingerprint density at radius 1 is 1.11 bits per heavy atom. The monoisotopic (exact) mass is 526 g/mol. The molecule has 0 bridgehead atoms. The Morgan fingerprint density at radius 3 is 2.40 bits per heavy atom. The molecular formula is C23H34N4O6S2. The number of carbonyl (C=O) groups is 3. The van der Waals surface area contributed by atoms with E-state index in [0.717, 1.165) is 30.0 Å². The lowest BCUT2D eigenvalue weighted by Crippen LogP contribution is -2.58. The quantitative estimate of drug-likeness (QED) is 0.385. The van der Waals surface area contributed by atoms with Crippen LogP contribution in [0.4, 0.5) is 4.79 Å². The van der Waals surface area contributed by atoms with Gasteiger partial charge in [-0.15, -0.1) is 11.8 Å². The highest BCUT2D eigenvalue weighted by atomic mass is 32.2. The number of amides is 3. The van der Waals surface area contributed by atoms with Crippen molar-refractivity contribution >= 4 is 39.7 Å². The number of carbonyl (C=O) groups excluding carboxylic acids is 2. The fraction of sp³-hybridized carbons (Fsp3) is 0.609. The third kappa shape index (κ3) is 6.89. The summed E-state index contributed by atoms with van der Waals surface area (Å²) in [5, 5.41) is 17.3. The lowest BCUT2D eigenvalue weighted by atomic mass is 9.89. The number of nitrogens with zero attached hydrogens (tertiary/aromatic N) is 1. The van der Waals surface area contributed by atoms with Gasteiger partial charge in [0.25, 0.3) is 0 Å². The number of sulfonamides is 1. The van der Waals surface area contributed by atoms with Crippen LogP contribution in [0.5, 0.6) is 0 Å². The molecule has 1 heterocycles. The second-order valence-electron chi connectivity index (χ2n) is 9.48. The maximum absolute atomic E-state index is 13.2. The molecule has 1 saturated carbocycles. The molecule has 35 heavy (non-hydrogen) atoms. The molecule has 0 spiro atoms. The SMILES string of the molecule is CC1(C)SCN(S(=O)(=O)c2ccccc2)C1C(=O)N[C@@H](CNC(=O)NCC1CCCCC1)C(=O)O. The normalized spacial score (nSPS) is 21.7. The minimum Gasteiger partial charge on any atom is -0.480 e. The molecule has 1 unspecified atom stereocenters. The molecule has 10 nitrogen and oxygen atoms in total. The third-order valence-electron chi connectivity index (χ3n) is 6.47. The largest absolute Gasteiger partial charge is 0.480 e. The topological polar surface area (TPSA) is 145 Å². The molecule has 12 heteroatoms. The second-order valence-corrected chi connectivity index (χ2v) is 13.0.